The van der Waals surface area contributed by atoms with Gasteiger partial charge in [-0.25, -0.2) is 0 Å². The lowest BCUT2D eigenvalue weighted by atomic mass is 10.1. The van der Waals surface area contributed by atoms with Gasteiger partial charge < -0.3 is 10.2 Å². The number of hydrogen-bond donors (Lipinski definition) is 1. The van der Waals surface area contributed by atoms with Crippen LogP contribution in [0.15, 0.2) is 22.7 Å². The molecule has 0 bridgehead atoms. The van der Waals surface area contributed by atoms with Gasteiger partial charge in [-0.3, -0.25) is 0 Å². The Bertz CT molecular complexity index is 401. The van der Waals surface area contributed by atoms with Gasteiger partial charge in [0.25, 0.3) is 0 Å². The topological polar surface area (TPSA) is 15.3 Å². The van der Waals surface area contributed by atoms with Crippen molar-refractivity contribution in [2.75, 3.05) is 25.0 Å². The van der Waals surface area contributed by atoms with Gasteiger partial charge in [-0.15, -0.1) is 0 Å². The van der Waals surface area contributed by atoms with E-state index in [0.717, 1.165) is 24.1 Å². The van der Waals surface area contributed by atoms with E-state index in [1.807, 2.05) is 7.05 Å². The fourth-order valence-electron chi connectivity index (χ4n) is 2.57. The summed E-state index contributed by atoms with van der Waals surface area (Å²) in [4.78, 5) is 2.53. The summed E-state index contributed by atoms with van der Waals surface area (Å²) in [5, 5.41) is 4.68. The number of benzene rings is 1. The first-order valence-electron chi connectivity index (χ1n) is 6.43. The maximum Gasteiger partial charge on any atom is 0.0413 e. The molecule has 1 saturated heterocycles. The SMILES string of the molecule is CNCc1cc(Br)ccc1N1CC(C)SC(C)C1. The summed E-state index contributed by atoms with van der Waals surface area (Å²) < 4.78 is 1.16. The van der Waals surface area contributed by atoms with Crippen molar-refractivity contribution in [3.8, 4) is 0 Å². The average molecular weight is 329 g/mol. The second kappa shape index (κ2) is 6.31. The Hall–Kier alpha value is -0.190. The average Bonchev–Trinajstić information content (AvgIpc) is 2.28. The highest BCUT2D eigenvalue weighted by Crippen LogP contribution is 2.31. The summed E-state index contributed by atoms with van der Waals surface area (Å²) in [6, 6.07) is 6.61. The van der Waals surface area contributed by atoms with Crippen molar-refractivity contribution < 1.29 is 0 Å². The molecule has 0 radical (unpaired) electrons. The third kappa shape index (κ3) is 3.43. The second-order valence-electron chi connectivity index (χ2n) is 4.97. The quantitative estimate of drug-likeness (QED) is 0.914. The molecule has 100 valence electrons. The van der Waals surface area contributed by atoms with Crippen LogP contribution in [-0.2, 0) is 6.54 Å². The molecule has 18 heavy (non-hydrogen) atoms. The van der Waals surface area contributed by atoms with E-state index < -0.39 is 0 Å². The van der Waals surface area contributed by atoms with E-state index in [0.29, 0.717) is 10.5 Å². The highest BCUT2D eigenvalue weighted by molar-refractivity contribution is 9.10. The zero-order valence-corrected chi connectivity index (χ0v) is 13.6. The van der Waals surface area contributed by atoms with Crippen LogP contribution < -0.4 is 10.2 Å². The Balaban J connectivity index is 2.25. The van der Waals surface area contributed by atoms with Crippen LogP contribution in [0.2, 0.25) is 0 Å². The second-order valence-corrected chi connectivity index (χ2v) is 7.76. The van der Waals surface area contributed by atoms with Gasteiger partial charge in [0.15, 0.2) is 0 Å². The molecular formula is C14H21BrN2S. The van der Waals surface area contributed by atoms with Crippen molar-refractivity contribution in [1.82, 2.24) is 5.32 Å². The first-order valence-corrected chi connectivity index (χ1v) is 8.17. The van der Waals surface area contributed by atoms with E-state index >= 15 is 0 Å². The Kier molecular flexibility index (Phi) is 4.98. The van der Waals surface area contributed by atoms with Gasteiger partial charge in [-0.1, -0.05) is 29.8 Å². The van der Waals surface area contributed by atoms with Crippen LogP contribution in [0.4, 0.5) is 5.69 Å². The number of thioether (sulfide) groups is 1. The summed E-state index contributed by atoms with van der Waals surface area (Å²) in [6.45, 7) is 7.86. The molecule has 2 nitrogen and oxygen atoms in total. The van der Waals surface area contributed by atoms with Crippen molar-refractivity contribution in [3.63, 3.8) is 0 Å². The summed E-state index contributed by atoms with van der Waals surface area (Å²) in [5.74, 6) is 0. The first-order chi connectivity index (χ1) is 8.60. The zero-order valence-electron chi connectivity index (χ0n) is 11.2. The molecule has 2 rings (SSSR count). The van der Waals surface area contributed by atoms with E-state index in [-0.39, 0.29) is 0 Å². The van der Waals surface area contributed by atoms with Crippen molar-refractivity contribution in [2.24, 2.45) is 0 Å². The predicted octanol–water partition coefficient (Wildman–Crippen LogP) is 3.50. The maximum atomic E-state index is 3.56. The lowest BCUT2D eigenvalue weighted by molar-refractivity contribution is 0.717. The molecule has 1 aromatic rings. The van der Waals surface area contributed by atoms with Gasteiger partial charge >= 0.3 is 0 Å². The highest BCUT2D eigenvalue weighted by atomic mass is 79.9. The number of anilines is 1. The molecule has 1 aliphatic heterocycles. The van der Waals surface area contributed by atoms with Crippen molar-refractivity contribution >= 4 is 33.4 Å². The minimum atomic E-state index is 0.708. The van der Waals surface area contributed by atoms with Crippen LogP contribution in [-0.4, -0.2) is 30.6 Å². The lowest BCUT2D eigenvalue weighted by Gasteiger charge is -2.37. The van der Waals surface area contributed by atoms with Gasteiger partial charge in [0.2, 0.25) is 0 Å². The van der Waals surface area contributed by atoms with Crippen molar-refractivity contribution in [3.05, 3.63) is 28.2 Å². The Morgan fingerprint density at radius 3 is 2.61 bits per heavy atom. The van der Waals surface area contributed by atoms with E-state index in [1.165, 1.54) is 11.3 Å². The van der Waals surface area contributed by atoms with Crippen LogP contribution in [0.3, 0.4) is 0 Å². The fraction of sp³-hybridized carbons (Fsp3) is 0.571. The van der Waals surface area contributed by atoms with Crippen molar-refractivity contribution in [1.29, 1.82) is 0 Å². The standard InChI is InChI=1S/C14H21BrN2S/c1-10-8-17(9-11(2)18-10)14-5-4-13(15)6-12(14)7-16-3/h4-6,10-11,16H,7-9H2,1-3H3. The summed E-state index contributed by atoms with van der Waals surface area (Å²) >= 11 is 5.66. The fourth-order valence-corrected chi connectivity index (χ4v) is 4.30. The number of hydrogen-bond acceptors (Lipinski definition) is 3. The Labute approximate surface area is 123 Å². The van der Waals surface area contributed by atoms with Gasteiger partial charge in [0.05, 0.1) is 0 Å². The monoisotopic (exact) mass is 328 g/mol. The van der Waals surface area contributed by atoms with Crippen LogP contribution in [0.25, 0.3) is 0 Å². The zero-order chi connectivity index (χ0) is 13.1. The Morgan fingerprint density at radius 2 is 2.00 bits per heavy atom. The predicted molar refractivity (Wildman–Crippen MR) is 85.6 cm³/mol. The molecule has 1 aliphatic rings. The van der Waals surface area contributed by atoms with Crippen LogP contribution in [0.1, 0.15) is 19.4 Å². The molecule has 1 aromatic carbocycles. The molecule has 2 atom stereocenters. The van der Waals surface area contributed by atoms with Gasteiger partial charge in [-0.2, -0.15) is 11.8 Å². The minimum Gasteiger partial charge on any atom is -0.369 e. The molecule has 0 aromatic heterocycles. The number of nitrogens with one attached hydrogen (secondary N) is 1. The number of nitrogens with zero attached hydrogens (tertiary/aromatic N) is 1. The molecule has 4 heteroatoms. The van der Waals surface area contributed by atoms with Gasteiger partial charge in [0, 0.05) is 40.3 Å². The van der Waals surface area contributed by atoms with Crippen LogP contribution in [0.5, 0.6) is 0 Å². The van der Waals surface area contributed by atoms with Gasteiger partial charge in [-0.05, 0) is 30.8 Å². The van der Waals surface area contributed by atoms with E-state index in [4.69, 9.17) is 0 Å². The van der Waals surface area contributed by atoms with Gasteiger partial charge in [0.1, 0.15) is 0 Å². The van der Waals surface area contributed by atoms with Crippen LogP contribution in [0, 0.1) is 0 Å². The minimum absolute atomic E-state index is 0.708. The smallest absolute Gasteiger partial charge is 0.0413 e. The molecule has 0 amide bonds. The summed E-state index contributed by atoms with van der Waals surface area (Å²) in [7, 11) is 2.00. The molecular weight excluding hydrogens is 308 g/mol. The highest BCUT2D eigenvalue weighted by Gasteiger charge is 2.23. The molecule has 0 saturated carbocycles. The number of rotatable bonds is 3. The molecule has 1 fully saturated rings. The number of halogens is 1. The molecule has 1 heterocycles. The normalized spacial score (nSPS) is 24.3. The van der Waals surface area contributed by atoms with E-state index in [9.17, 15) is 0 Å². The molecule has 0 aliphatic carbocycles. The van der Waals surface area contributed by atoms with Crippen molar-refractivity contribution in [2.45, 2.75) is 30.9 Å². The molecule has 0 spiro atoms. The lowest BCUT2D eigenvalue weighted by Crippen LogP contribution is -2.41. The first kappa shape index (κ1) is 14.2. The maximum absolute atomic E-state index is 3.56. The van der Waals surface area contributed by atoms with Crippen LogP contribution >= 0.6 is 27.7 Å². The van der Waals surface area contributed by atoms with E-state index in [1.54, 1.807) is 0 Å². The third-order valence-electron chi connectivity index (χ3n) is 3.17. The third-order valence-corrected chi connectivity index (χ3v) is 4.89. The largest absolute Gasteiger partial charge is 0.369 e. The van der Waals surface area contributed by atoms with E-state index in [2.05, 4.69) is 70.0 Å². The molecule has 1 N–H and O–H groups in total. The summed E-state index contributed by atoms with van der Waals surface area (Å²) in [6.07, 6.45) is 0. The Morgan fingerprint density at radius 1 is 1.33 bits per heavy atom. The molecule has 2 unspecified atom stereocenters. The summed E-state index contributed by atoms with van der Waals surface area (Å²) in [5.41, 5.74) is 2.75.